The molecule has 45 valence electrons. The Morgan fingerprint density at radius 1 is 1.62 bits per heavy atom. The first-order chi connectivity index (χ1) is 3.43. The van der Waals surface area contributed by atoms with Crippen molar-refractivity contribution in [1.82, 2.24) is 0 Å². The fourth-order valence-corrected chi connectivity index (χ4v) is 1.60. The van der Waals surface area contributed by atoms with Crippen LogP contribution in [0.4, 0.5) is 0 Å². The van der Waals surface area contributed by atoms with E-state index in [0.29, 0.717) is 0 Å². The minimum atomic E-state index is 0. The van der Waals surface area contributed by atoms with Crippen molar-refractivity contribution in [1.29, 1.82) is 0 Å². The molecule has 0 bridgehead atoms. The summed E-state index contributed by atoms with van der Waals surface area (Å²) in [7, 11) is 0. The van der Waals surface area contributed by atoms with E-state index in [-0.39, 0.29) is 32.7 Å². The molecule has 8 heavy (non-hydrogen) atoms. The fourth-order valence-electron chi connectivity index (χ4n) is 0.754. The van der Waals surface area contributed by atoms with Crippen LogP contribution < -0.4 is 0 Å². The maximum absolute atomic E-state index is 2.27. The van der Waals surface area contributed by atoms with Crippen LogP contribution >= 0.6 is 11.8 Å². The van der Waals surface area contributed by atoms with E-state index in [4.69, 9.17) is 0 Å². The van der Waals surface area contributed by atoms with Crippen molar-refractivity contribution < 1.29 is 32.7 Å². The topological polar surface area (TPSA) is 0 Å². The summed E-state index contributed by atoms with van der Waals surface area (Å²) in [6.45, 7) is 2.14. The Labute approximate surface area is 81.1 Å². The minimum absolute atomic E-state index is 0. The van der Waals surface area contributed by atoms with E-state index < -0.39 is 0 Å². The first kappa shape index (κ1) is 9.45. The molecule has 1 fully saturated rings. The smallest absolute Gasteiger partial charge is 0 e. The summed E-state index contributed by atoms with van der Waals surface area (Å²) >= 11 is 2.07. The Hall–Kier alpha value is 1.45. The number of rotatable bonds is 2. The SMILES string of the molecule is C[CH-]CC1CSC1.[Y]. The van der Waals surface area contributed by atoms with Crippen LogP contribution in [0.2, 0.25) is 0 Å². The van der Waals surface area contributed by atoms with E-state index in [1.165, 1.54) is 17.9 Å². The maximum Gasteiger partial charge on any atom is 0 e. The molecule has 0 unspecified atom stereocenters. The van der Waals surface area contributed by atoms with Gasteiger partial charge in [0.1, 0.15) is 0 Å². The van der Waals surface area contributed by atoms with Gasteiger partial charge in [-0.05, 0) is 11.5 Å². The van der Waals surface area contributed by atoms with Crippen molar-refractivity contribution in [2.75, 3.05) is 11.5 Å². The molecule has 1 aliphatic rings. The second kappa shape index (κ2) is 5.26. The van der Waals surface area contributed by atoms with Gasteiger partial charge in [-0.3, -0.25) is 0 Å². The van der Waals surface area contributed by atoms with Gasteiger partial charge in [-0.25, -0.2) is 0 Å². The van der Waals surface area contributed by atoms with Gasteiger partial charge in [0, 0.05) is 32.7 Å². The number of hydrogen-bond donors (Lipinski definition) is 0. The van der Waals surface area contributed by atoms with Crippen LogP contribution in [0.25, 0.3) is 0 Å². The van der Waals surface area contributed by atoms with Crippen LogP contribution in [0.1, 0.15) is 13.3 Å². The zero-order valence-corrected chi connectivity index (χ0v) is 8.92. The molecule has 1 radical (unpaired) electrons. The summed E-state index contributed by atoms with van der Waals surface area (Å²) in [5, 5.41) is 0. The number of thioether (sulfide) groups is 1. The van der Waals surface area contributed by atoms with Crippen LogP contribution in [0.3, 0.4) is 0 Å². The van der Waals surface area contributed by atoms with Crippen LogP contribution in [0.15, 0.2) is 0 Å². The van der Waals surface area contributed by atoms with E-state index >= 15 is 0 Å². The molecule has 1 saturated heterocycles. The molecule has 0 amide bonds. The first-order valence-electron chi connectivity index (χ1n) is 2.79. The van der Waals surface area contributed by atoms with Gasteiger partial charge in [-0.1, -0.05) is 5.92 Å². The summed E-state index contributed by atoms with van der Waals surface area (Å²) in [5.41, 5.74) is 0. The van der Waals surface area contributed by atoms with E-state index in [0.717, 1.165) is 5.92 Å². The monoisotopic (exact) mass is 204 g/mol. The third-order valence-corrected chi connectivity index (χ3v) is 2.69. The second-order valence-electron chi connectivity index (χ2n) is 2.05. The molecule has 0 spiro atoms. The molecule has 2 heteroatoms. The van der Waals surface area contributed by atoms with Crippen LogP contribution in [-0.4, -0.2) is 11.5 Å². The molecule has 0 aromatic carbocycles. The Morgan fingerprint density at radius 2 is 2.25 bits per heavy atom. The Kier molecular flexibility index (Phi) is 6.21. The Bertz CT molecular complexity index is 52.5. The summed E-state index contributed by atoms with van der Waals surface area (Å²) in [6.07, 6.45) is 3.61. The second-order valence-corrected chi connectivity index (χ2v) is 3.12. The van der Waals surface area contributed by atoms with Crippen LogP contribution in [-0.2, 0) is 32.7 Å². The molecule has 0 N–H and O–H groups in total. The van der Waals surface area contributed by atoms with Gasteiger partial charge >= 0.3 is 0 Å². The molecular weight excluding hydrogens is 193 g/mol. The third-order valence-electron chi connectivity index (χ3n) is 1.28. The normalized spacial score (nSPS) is 19.1. The standard InChI is InChI=1S/C6H11S.Y/c1-2-3-6-4-7-5-6;/h2,6H,3-5H2,1H3;/q-1;. The van der Waals surface area contributed by atoms with Gasteiger partial charge in [0.15, 0.2) is 0 Å². The van der Waals surface area contributed by atoms with Gasteiger partial charge < -0.3 is 6.42 Å². The van der Waals surface area contributed by atoms with Crippen molar-refractivity contribution in [2.45, 2.75) is 13.3 Å². The van der Waals surface area contributed by atoms with Crippen molar-refractivity contribution >= 4 is 11.8 Å². The minimum Gasteiger partial charge on any atom is -0.331 e. The molecule has 1 rings (SSSR count). The predicted octanol–water partition coefficient (Wildman–Crippen LogP) is 1.96. The molecule has 0 aromatic rings. The van der Waals surface area contributed by atoms with E-state index in [1.54, 1.807) is 0 Å². The molecule has 0 atom stereocenters. The van der Waals surface area contributed by atoms with Crippen LogP contribution in [0.5, 0.6) is 0 Å². The molecular formula is C6H11SY-. The zero-order chi connectivity index (χ0) is 5.11. The molecule has 0 aliphatic carbocycles. The van der Waals surface area contributed by atoms with Crippen molar-refractivity contribution in [3.63, 3.8) is 0 Å². The van der Waals surface area contributed by atoms with Gasteiger partial charge in [0.2, 0.25) is 0 Å². The molecule has 1 heterocycles. The van der Waals surface area contributed by atoms with Gasteiger partial charge in [-0.2, -0.15) is 25.1 Å². The third kappa shape index (κ3) is 2.84. The summed E-state index contributed by atoms with van der Waals surface area (Å²) in [6, 6.07) is 0. The van der Waals surface area contributed by atoms with E-state index in [2.05, 4.69) is 25.1 Å². The Morgan fingerprint density at radius 3 is 2.38 bits per heavy atom. The molecule has 1 aliphatic heterocycles. The molecule has 0 aromatic heterocycles. The van der Waals surface area contributed by atoms with Crippen molar-refractivity contribution in [2.24, 2.45) is 5.92 Å². The van der Waals surface area contributed by atoms with E-state index in [1.807, 2.05) is 0 Å². The zero-order valence-electron chi connectivity index (χ0n) is 5.26. The fraction of sp³-hybridized carbons (Fsp3) is 0.833. The average molecular weight is 204 g/mol. The largest absolute Gasteiger partial charge is 0.331 e. The maximum atomic E-state index is 2.27. The summed E-state index contributed by atoms with van der Waals surface area (Å²) < 4.78 is 0. The van der Waals surface area contributed by atoms with Crippen molar-refractivity contribution in [3.05, 3.63) is 6.42 Å². The predicted molar refractivity (Wildman–Crippen MR) is 35.4 cm³/mol. The molecule has 0 saturated carbocycles. The van der Waals surface area contributed by atoms with Crippen molar-refractivity contribution in [3.8, 4) is 0 Å². The molecule has 0 nitrogen and oxygen atoms in total. The van der Waals surface area contributed by atoms with Gasteiger partial charge in [-0.15, -0.1) is 0 Å². The summed E-state index contributed by atoms with van der Waals surface area (Å²) in [5.74, 6) is 3.85. The quantitative estimate of drug-likeness (QED) is 0.619. The van der Waals surface area contributed by atoms with Crippen LogP contribution in [0, 0.1) is 12.3 Å². The summed E-state index contributed by atoms with van der Waals surface area (Å²) in [4.78, 5) is 0. The Balaban J connectivity index is 0.000000490. The van der Waals surface area contributed by atoms with Gasteiger partial charge in [0.25, 0.3) is 0 Å². The number of hydrogen-bond acceptors (Lipinski definition) is 1. The van der Waals surface area contributed by atoms with Gasteiger partial charge in [0.05, 0.1) is 0 Å². The van der Waals surface area contributed by atoms with E-state index in [9.17, 15) is 0 Å². The average Bonchev–Trinajstić information content (AvgIpc) is 1.55. The first-order valence-corrected chi connectivity index (χ1v) is 3.94.